The van der Waals surface area contributed by atoms with Crippen LogP contribution in [0.4, 0.5) is 10.6 Å². The van der Waals surface area contributed by atoms with E-state index in [1.807, 2.05) is 0 Å². The van der Waals surface area contributed by atoms with Crippen LogP contribution in [-0.2, 0) is 4.74 Å². The van der Waals surface area contributed by atoms with Gasteiger partial charge < -0.3 is 10.5 Å². The SMILES string of the molecule is Cc1cn(C(=O)OC(C)(C)C)nc1N. The Labute approximate surface area is 82.8 Å². The summed E-state index contributed by atoms with van der Waals surface area (Å²) in [6, 6.07) is 0. The molecule has 0 saturated carbocycles. The van der Waals surface area contributed by atoms with Crippen molar-refractivity contribution in [3.63, 3.8) is 0 Å². The number of hydrogen-bond acceptors (Lipinski definition) is 4. The summed E-state index contributed by atoms with van der Waals surface area (Å²) in [4.78, 5) is 11.4. The fourth-order valence-electron chi connectivity index (χ4n) is 0.876. The van der Waals surface area contributed by atoms with Crippen molar-refractivity contribution in [1.82, 2.24) is 9.78 Å². The van der Waals surface area contributed by atoms with Gasteiger partial charge >= 0.3 is 6.09 Å². The quantitative estimate of drug-likeness (QED) is 0.685. The molecule has 1 rings (SSSR count). The molecule has 78 valence electrons. The Hall–Kier alpha value is -1.52. The Morgan fingerprint density at radius 2 is 2.14 bits per heavy atom. The minimum Gasteiger partial charge on any atom is -0.442 e. The van der Waals surface area contributed by atoms with Gasteiger partial charge in [-0.2, -0.15) is 4.68 Å². The number of hydrogen-bond donors (Lipinski definition) is 1. The third-order valence-electron chi connectivity index (χ3n) is 1.52. The maximum Gasteiger partial charge on any atom is 0.435 e. The largest absolute Gasteiger partial charge is 0.442 e. The van der Waals surface area contributed by atoms with Crippen LogP contribution in [0, 0.1) is 6.92 Å². The van der Waals surface area contributed by atoms with E-state index in [4.69, 9.17) is 10.5 Å². The third kappa shape index (κ3) is 2.48. The molecular formula is C9H15N3O2. The van der Waals surface area contributed by atoms with Crippen LogP contribution in [0.2, 0.25) is 0 Å². The minimum atomic E-state index is -0.522. The highest BCUT2D eigenvalue weighted by atomic mass is 16.6. The Morgan fingerprint density at radius 1 is 1.57 bits per heavy atom. The zero-order valence-corrected chi connectivity index (χ0v) is 8.87. The molecule has 1 aromatic rings. The second-order valence-electron chi connectivity index (χ2n) is 4.12. The molecule has 0 fully saturated rings. The topological polar surface area (TPSA) is 70.1 Å². The van der Waals surface area contributed by atoms with Gasteiger partial charge in [0.15, 0.2) is 0 Å². The van der Waals surface area contributed by atoms with Crippen LogP contribution in [0.3, 0.4) is 0 Å². The van der Waals surface area contributed by atoms with Gasteiger partial charge in [-0.05, 0) is 27.7 Å². The van der Waals surface area contributed by atoms with Crippen LogP contribution in [0.15, 0.2) is 6.20 Å². The van der Waals surface area contributed by atoms with Gasteiger partial charge in [0.1, 0.15) is 11.4 Å². The van der Waals surface area contributed by atoms with Crippen molar-refractivity contribution in [1.29, 1.82) is 0 Å². The van der Waals surface area contributed by atoms with Crippen LogP contribution in [0.5, 0.6) is 0 Å². The van der Waals surface area contributed by atoms with E-state index in [1.54, 1.807) is 33.9 Å². The van der Waals surface area contributed by atoms with Crippen LogP contribution < -0.4 is 5.73 Å². The molecule has 2 N–H and O–H groups in total. The van der Waals surface area contributed by atoms with Gasteiger partial charge in [-0.1, -0.05) is 0 Å². The van der Waals surface area contributed by atoms with Gasteiger partial charge in [-0.3, -0.25) is 0 Å². The second kappa shape index (κ2) is 3.32. The number of ether oxygens (including phenoxy) is 1. The van der Waals surface area contributed by atoms with Gasteiger partial charge in [0, 0.05) is 11.8 Å². The first-order valence-electron chi connectivity index (χ1n) is 4.35. The van der Waals surface area contributed by atoms with E-state index < -0.39 is 11.7 Å². The highest BCUT2D eigenvalue weighted by Gasteiger charge is 2.18. The van der Waals surface area contributed by atoms with Gasteiger partial charge in [0.25, 0.3) is 0 Å². The molecule has 0 aromatic carbocycles. The second-order valence-corrected chi connectivity index (χ2v) is 4.12. The monoisotopic (exact) mass is 197 g/mol. The molecule has 5 heteroatoms. The van der Waals surface area contributed by atoms with E-state index in [0.29, 0.717) is 5.82 Å². The number of aromatic nitrogens is 2. The fraction of sp³-hybridized carbons (Fsp3) is 0.556. The van der Waals surface area contributed by atoms with E-state index in [1.165, 1.54) is 0 Å². The molecule has 0 aliphatic rings. The lowest BCUT2D eigenvalue weighted by molar-refractivity contribution is 0.0515. The zero-order chi connectivity index (χ0) is 10.9. The summed E-state index contributed by atoms with van der Waals surface area (Å²) in [5.74, 6) is 0.343. The summed E-state index contributed by atoms with van der Waals surface area (Å²) in [6.45, 7) is 7.17. The number of carbonyl (C=O) groups is 1. The van der Waals surface area contributed by atoms with Gasteiger partial charge in [-0.25, -0.2) is 4.79 Å². The predicted molar refractivity (Wildman–Crippen MR) is 53.0 cm³/mol. The average molecular weight is 197 g/mol. The molecule has 0 saturated heterocycles. The predicted octanol–water partition coefficient (Wildman–Crippen LogP) is 1.56. The molecule has 0 aliphatic heterocycles. The highest BCUT2D eigenvalue weighted by molar-refractivity contribution is 5.70. The molecule has 0 radical (unpaired) electrons. The summed E-state index contributed by atoms with van der Waals surface area (Å²) in [5, 5.41) is 3.81. The fourth-order valence-corrected chi connectivity index (χ4v) is 0.876. The van der Waals surface area contributed by atoms with Crippen molar-refractivity contribution in [3.05, 3.63) is 11.8 Å². The molecular weight excluding hydrogens is 182 g/mol. The molecule has 0 atom stereocenters. The van der Waals surface area contributed by atoms with Crippen molar-refractivity contribution in [2.24, 2.45) is 0 Å². The summed E-state index contributed by atoms with van der Waals surface area (Å²) in [5.41, 5.74) is 5.74. The Kier molecular flexibility index (Phi) is 2.51. The summed E-state index contributed by atoms with van der Waals surface area (Å²) < 4.78 is 6.21. The van der Waals surface area contributed by atoms with Crippen molar-refractivity contribution in [3.8, 4) is 0 Å². The third-order valence-corrected chi connectivity index (χ3v) is 1.52. The summed E-state index contributed by atoms with van der Waals surface area (Å²) in [7, 11) is 0. The lowest BCUT2D eigenvalue weighted by atomic mass is 10.2. The maximum atomic E-state index is 11.4. The number of nitrogens with two attached hydrogens (primary N) is 1. The first-order chi connectivity index (χ1) is 6.29. The van der Waals surface area contributed by atoms with Crippen molar-refractivity contribution < 1.29 is 9.53 Å². The number of aryl methyl sites for hydroxylation is 1. The minimum absolute atomic E-state index is 0.343. The molecule has 0 spiro atoms. The molecule has 1 aromatic heterocycles. The first-order valence-corrected chi connectivity index (χ1v) is 4.35. The Bertz CT molecular complexity index is 330. The molecule has 14 heavy (non-hydrogen) atoms. The molecule has 0 aliphatic carbocycles. The lowest BCUT2D eigenvalue weighted by Gasteiger charge is -2.18. The van der Waals surface area contributed by atoms with Crippen LogP contribution in [-0.4, -0.2) is 21.5 Å². The smallest absolute Gasteiger partial charge is 0.435 e. The highest BCUT2D eigenvalue weighted by Crippen LogP contribution is 2.11. The van der Waals surface area contributed by atoms with Crippen LogP contribution in [0.1, 0.15) is 26.3 Å². The standard InChI is InChI=1S/C9H15N3O2/c1-6-5-12(11-7(6)10)8(13)14-9(2,3)4/h5H,1-4H3,(H2,10,11). The normalized spacial score (nSPS) is 11.4. The summed E-state index contributed by atoms with van der Waals surface area (Å²) >= 11 is 0. The molecule has 5 nitrogen and oxygen atoms in total. The van der Waals surface area contributed by atoms with Crippen molar-refractivity contribution in [2.45, 2.75) is 33.3 Å². The number of carbonyl (C=O) groups excluding carboxylic acids is 1. The van der Waals surface area contributed by atoms with Crippen LogP contribution >= 0.6 is 0 Å². The number of nitrogens with zero attached hydrogens (tertiary/aromatic N) is 2. The van der Waals surface area contributed by atoms with E-state index in [9.17, 15) is 4.79 Å². The lowest BCUT2D eigenvalue weighted by Crippen LogP contribution is -2.27. The van der Waals surface area contributed by atoms with Gasteiger partial charge in [0.2, 0.25) is 0 Å². The van der Waals surface area contributed by atoms with E-state index in [0.717, 1.165) is 10.2 Å². The maximum absolute atomic E-state index is 11.4. The molecule has 0 amide bonds. The van der Waals surface area contributed by atoms with Crippen molar-refractivity contribution in [2.75, 3.05) is 5.73 Å². The van der Waals surface area contributed by atoms with E-state index >= 15 is 0 Å². The van der Waals surface area contributed by atoms with Crippen molar-refractivity contribution >= 4 is 11.9 Å². The Balaban J connectivity index is 2.80. The average Bonchev–Trinajstić information content (AvgIpc) is 2.28. The number of anilines is 1. The van der Waals surface area contributed by atoms with E-state index in [2.05, 4.69) is 5.10 Å². The number of rotatable bonds is 0. The van der Waals surface area contributed by atoms with Gasteiger partial charge in [-0.15, -0.1) is 5.10 Å². The van der Waals surface area contributed by atoms with Crippen LogP contribution in [0.25, 0.3) is 0 Å². The Morgan fingerprint density at radius 3 is 2.50 bits per heavy atom. The molecule has 0 bridgehead atoms. The number of nitrogen functional groups attached to an aromatic ring is 1. The van der Waals surface area contributed by atoms with Gasteiger partial charge in [0.05, 0.1) is 0 Å². The molecule has 0 unspecified atom stereocenters. The molecule has 1 heterocycles. The summed E-state index contributed by atoms with van der Waals surface area (Å²) in [6.07, 6.45) is 1.03. The first kappa shape index (κ1) is 10.6. The zero-order valence-electron chi connectivity index (χ0n) is 8.87. The van der Waals surface area contributed by atoms with E-state index in [-0.39, 0.29) is 0 Å².